The van der Waals surface area contributed by atoms with Crippen LogP contribution in [0.25, 0.3) is 0 Å². The average Bonchev–Trinajstić information content (AvgIpc) is 2.96. The molecular formula is C32H39Cl2N3O5S. The fourth-order valence-electron chi connectivity index (χ4n) is 4.54. The Labute approximate surface area is 265 Å². The maximum atomic E-state index is 14.3. The number of benzene rings is 3. The van der Waals surface area contributed by atoms with Crippen LogP contribution in [0.15, 0.2) is 65.6 Å². The summed E-state index contributed by atoms with van der Waals surface area (Å²) in [5.74, 6) is -0.500. The summed E-state index contributed by atoms with van der Waals surface area (Å²) in [7, 11) is -2.82. The lowest BCUT2D eigenvalue weighted by atomic mass is 10.1. The monoisotopic (exact) mass is 647 g/mol. The summed E-state index contributed by atoms with van der Waals surface area (Å²) in [6, 6.07) is 15.6. The number of hydrogen-bond acceptors (Lipinski definition) is 5. The van der Waals surface area contributed by atoms with Gasteiger partial charge in [-0.3, -0.25) is 13.9 Å². The van der Waals surface area contributed by atoms with E-state index >= 15 is 0 Å². The Morgan fingerprint density at radius 1 is 0.953 bits per heavy atom. The lowest BCUT2D eigenvalue weighted by molar-refractivity contribution is -0.140. The molecule has 0 saturated heterocycles. The first kappa shape index (κ1) is 34.2. The van der Waals surface area contributed by atoms with E-state index in [0.29, 0.717) is 22.2 Å². The van der Waals surface area contributed by atoms with E-state index in [1.54, 1.807) is 55.5 Å². The van der Waals surface area contributed by atoms with Crippen LogP contribution in [-0.2, 0) is 26.2 Å². The topological polar surface area (TPSA) is 96.0 Å². The van der Waals surface area contributed by atoms with Crippen molar-refractivity contribution in [3.8, 4) is 5.75 Å². The van der Waals surface area contributed by atoms with Crippen LogP contribution in [0.4, 0.5) is 5.69 Å². The second-order valence-electron chi connectivity index (χ2n) is 10.8. The number of anilines is 1. The van der Waals surface area contributed by atoms with Gasteiger partial charge in [0.05, 0.1) is 17.7 Å². The number of sulfonamides is 1. The zero-order chi connectivity index (χ0) is 31.9. The molecule has 0 aliphatic carbocycles. The number of carbonyl (C=O) groups is 2. The van der Waals surface area contributed by atoms with E-state index in [2.05, 4.69) is 5.32 Å². The van der Waals surface area contributed by atoms with Crippen LogP contribution in [0.1, 0.15) is 43.9 Å². The molecule has 0 fully saturated rings. The number of nitrogens with zero attached hydrogens (tertiary/aromatic N) is 2. The normalized spacial score (nSPS) is 12.1. The van der Waals surface area contributed by atoms with Crippen LogP contribution in [0.3, 0.4) is 0 Å². The maximum absolute atomic E-state index is 14.3. The van der Waals surface area contributed by atoms with E-state index in [-0.39, 0.29) is 41.1 Å². The Balaban J connectivity index is 2.16. The Bertz CT molecular complexity index is 1520. The van der Waals surface area contributed by atoms with Gasteiger partial charge in [0, 0.05) is 28.7 Å². The molecule has 43 heavy (non-hydrogen) atoms. The van der Waals surface area contributed by atoms with Crippen molar-refractivity contribution in [1.29, 1.82) is 0 Å². The summed E-state index contributed by atoms with van der Waals surface area (Å²) in [5.41, 5.74) is 2.31. The lowest BCUT2D eigenvalue weighted by Crippen LogP contribution is -2.52. The molecule has 0 aliphatic heterocycles. The van der Waals surface area contributed by atoms with E-state index in [1.165, 1.54) is 24.1 Å². The predicted molar refractivity (Wildman–Crippen MR) is 172 cm³/mol. The van der Waals surface area contributed by atoms with Gasteiger partial charge in [-0.25, -0.2) is 8.42 Å². The number of aryl methyl sites for hydroxylation is 2. The van der Waals surface area contributed by atoms with Gasteiger partial charge >= 0.3 is 0 Å². The van der Waals surface area contributed by atoms with Crippen molar-refractivity contribution >= 4 is 50.7 Å². The van der Waals surface area contributed by atoms with Crippen LogP contribution in [-0.4, -0.2) is 51.4 Å². The summed E-state index contributed by atoms with van der Waals surface area (Å²) in [5, 5.41) is 3.56. The third-order valence-corrected chi connectivity index (χ3v) is 9.43. The van der Waals surface area contributed by atoms with Gasteiger partial charge in [-0.2, -0.15) is 0 Å². The van der Waals surface area contributed by atoms with Crippen molar-refractivity contribution in [2.24, 2.45) is 5.92 Å². The Hall–Kier alpha value is -3.27. The molecule has 3 aromatic rings. The molecule has 11 heteroatoms. The first-order chi connectivity index (χ1) is 20.3. The van der Waals surface area contributed by atoms with Crippen LogP contribution < -0.4 is 14.4 Å². The minimum atomic E-state index is -4.26. The van der Waals surface area contributed by atoms with Gasteiger partial charge < -0.3 is 15.0 Å². The third-order valence-electron chi connectivity index (χ3n) is 6.95. The second-order valence-corrected chi connectivity index (χ2v) is 13.5. The molecule has 2 amide bonds. The molecule has 0 bridgehead atoms. The Kier molecular flexibility index (Phi) is 11.9. The van der Waals surface area contributed by atoms with E-state index in [9.17, 15) is 18.0 Å². The third kappa shape index (κ3) is 8.43. The number of rotatable bonds is 13. The van der Waals surface area contributed by atoms with Gasteiger partial charge in [0.2, 0.25) is 11.8 Å². The molecule has 232 valence electrons. The molecule has 0 radical (unpaired) electrons. The molecular weight excluding hydrogens is 609 g/mol. The van der Waals surface area contributed by atoms with Crippen LogP contribution in [0, 0.1) is 19.8 Å². The fourth-order valence-corrected chi connectivity index (χ4v) is 6.47. The molecule has 0 saturated carbocycles. The number of ether oxygens (including phenoxy) is 1. The second kappa shape index (κ2) is 14.9. The van der Waals surface area contributed by atoms with Crippen LogP contribution in [0.2, 0.25) is 10.0 Å². The number of methoxy groups -OCH3 is 1. The van der Waals surface area contributed by atoms with Crippen molar-refractivity contribution in [3.05, 3.63) is 87.4 Å². The highest BCUT2D eigenvalue weighted by molar-refractivity contribution is 7.92. The van der Waals surface area contributed by atoms with Crippen molar-refractivity contribution in [1.82, 2.24) is 10.2 Å². The van der Waals surface area contributed by atoms with Gasteiger partial charge in [-0.05, 0) is 68.1 Å². The summed E-state index contributed by atoms with van der Waals surface area (Å²) in [6.07, 6.45) is 0.274. The van der Waals surface area contributed by atoms with Crippen LogP contribution >= 0.6 is 23.2 Å². The number of nitrogens with one attached hydrogen (secondary N) is 1. The summed E-state index contributed by atoms with van der Waals surface area (Å²) in [4.78, 5) is 29.1. The van der Waals surface area contributed by atoms with Gasteiger partial charge in [0.25, 0.3) is 10.0 Å². The van der Waals surface area contributed by atoms with Crippen LogP contribution in [0.5, 0.6) is 5.75 Å². The van der Waals surface area contributed by atoms with Crippen molar-refractivity contribution < 1.29 is 22.7 Å². The van der Waals surface area contributed by atoms with Gasteiger partial charge in [-0.1, -0.05) is 73.8 Å². The zero-order valence-electron chi connectivity index (χ0n) is 25.4. The van der Waals surface area contributed by atoms with Crippen molar-refractivity contribution in [2.75, 3.05) is 24.5 Å². The number of carbonyl (C=O) groups excluding carboxylic acids is 2. The van der Waals surface area contributed by atoms with Gasteiger partial charge in [-0.15, -0.1) is 0 Å². The first-order valence-electron chi connectivity index (χ1n) is 14.0. The highest BCUT2D eigenvalue weighted by atomic mass is 35.5. The van der Waals surface area contributed by atoms with Gasteiger partial charge in [0.15, 0.2) is 0 Å². The van der Waals surface area contributed by atoms with Gasteiger partial charge in [0.1, 0.15) is 18.3 Å². The summed E-state index contributed by atoms with van der Waals surface area (Å²) < 4.78 is 34.9. The highest BCUT2D eigenvalue weighted by Gasteiger charge is 2.35. The summed E-state index contributed by atoms with van der Waals surface area (Å²) >= 11 is 13.0. The van der Waals surface area contributed by atoms with Crippen molar-refractivity contribution in [3.63, 3.8) is 0 Å². The molecule has 3 rings (SSSR count). The fraction of sp³-hybridized carbons (Fsp3) is 0.375. The summed E-state index contributed by atoms with van der Waals surface area (Å²) in [6.45, 7) is 9.11. The quantitative estimate of drug-likeness (QED) is 0.232. The van der Waals surface area contributed by atoms with E-state index in [0.717, 1.165) is 15.4 Å². The van der Waals surface area contributed by atoms with E-state index in [1.807, 2.05) is 27.7 Å². The average molecular weight is 649 g/mol. The molecule has 1 unspecified atom stereocenters. The number of amides is 2. The molecule has 3 aromatic carbocycles. The minimum absolute atomic E-state index is 0.0110. The van der Waals surface area contributed by atoms with E-state index < -0.39 is 28.5 Å². The largest absolute Gasteiger partial charge is 0.495 e. The smallest absolute Gasteiger partial charge is 0.264 e. The standard InChI is InChI=1S/C32H39Cl2N3O5S/c1-7-28(32(39)35-18-21(2)3)36(19-25-26(33)9-8-10-27(25)34)31(38)20-37(29-17-23(5)13-16-30(29)42-6)43(40,41)24-14-11-22(4)12-15-24/h8-17,21,28H,7,18-20H2,1-6H3,(H,35,39). The SMILES string of the molecule is CCC(C(=O)NCC(C)C)N(Cc1c(Cl)cccc1Cl)C(=O)CN(c1cc(C)ccc1OC)S(=O)(=O)c1ccc(C)cc1. The molecule has 1 N–H and O–H groups in total. The molecule has 8 nitrogen and oxygen atoms in total. The number of halogens is 2. The molecule has 0 aromatic heterocycles. The predicted octanol–water partition coefficient (Wildman–Crippen LogP) is 6.39. The maximum Gasteiger partial charge on any atom is 0.264 e. The molecule has 0 heterocycles. The zero-order valence-corrected chi connectivity index (χ0v) is 27.7. The highest BCUT2D eigenvalue weighted by Crippen LogP contribution is 2.34. The minimum Gasteiger partial charge on any atom is -0.495 e. The first-order valence-corrected chi connectivity index (χ1v) is 16.2. The Morgan fingerprint density at radius 3 is 2.12 bits per heavy atom. The number of hydrogen-bond donors (Lipinski definition) is 1. The molecule has 0 aliphatic rings. The molecule has 1 atom stereocenters. The van der Waals surface area contributed by atoms with Crippen molar-refractivity contribution in [2.45, 2.75) is 58.5 Å². The Morgan fingerprint density at radius 2 is 1.56 bits per heavy atom. The lowest BCUT2D eigenvalue weighted by Gasteiger charge is -2.34. The molecule has 0 spiro atoms. The van der Waals surface area contributed by atoms with E-state index in [4.69, 9.17) is 27.9 Å².